The highest BCUT2D eigenvalue weighted by molar-refractivity contribution is 5.91. The zero-order valence-electron chi connectivity index (χ0n) is 11.4. The van der Waals surface area contributed by atoms with E-state index in [1.165, 1.54) is 0 Å². The minimum Gasteiger partial charge on any atom is -0.479 e. The number of hydrogen-bond acceptors (Lipinski definition) is 4. The van der Waals surface area contributed by atoms with Crippen LogP contribution in [0.1, 0.15) is 25.7 Å². The lowest BCUT2D eigenvalue weighted by Crippen LogP contribution is -2.40. The van der Waals surface area contributed by atoms with Crippen LogP contribution in [0.3, 0.4) is 0 Å². The topological polar surface area (TPSA) is 88.1 Å². The fourth-order valence-electron chi connectivity index (χ4n) is 2.45. The fourth-order valence-corrected chi connectivity index (χ4v) is 2.45. The Kier molecular flexibility index (Phi) is 4.59. The van der Waals surface area contributed by atoms with Crippen molar-refractivity contribution in [3.63, 3.8) is 0 Å². The Balaban J connectivity index is 1.92. The molecule has 1 aromatic rings. The van der Waals surface area contributed by atoms with Gasteiger partial charge in [-0.2, -0.15) is 5.26 Å². The number of amides is 1. The van der Waals surface area contributed by atoms with Gasteiger partial charge in [-0.3, -0.25) is 4.79 Å². The van der Waals surface area contributed by atoms with Crippen LogP contribution < -0.4 is 15.8 Å². The zero-order chi connectivity index (χ0) is 14.4. The standard InChI is InChI=1S/C15H19N3O2/c16-7-8-20-13-4-1-3-12(9-13)18-14(19)10-15(11-17)5-2-6-15/h1,3-4,9H,2,5-6,8,10-11,17H2,(H,18,19). The van der Waals surface area contributed by atoms with Gasteiger partial charge in [-0.05, 0) is 36.9 Å². The van der Waals surface area contributed by atoms with Crippen LogP contribution >= 0.6 is 0 Å². The first-order valence-corrected chi connectivity index (χ1v) is 6.77. The average Bonchev–Trinajstić information content (AvgIpc) is 2.41. The van der Waals surface area contributed by atoms with Gasteiger partial charge in [0.15, 0.2) is 6.61 Å². The van der Waals surface area contributed by atoms with Gasteiger partial charge in [-0.15, -0.1) is 0 Å². The van der Waals surface area contributed by atoms with Gasteiger partial charge in [0, 0.05) is 18.2 Å². The molecule has 3 N–H and O–H groups in total. The van der Waals surface area contributed by atoms with Crippen LogP contribution in [0, 0.1) is 16.7 Å². The molecule has 0 atom stereocenters. The summed E-state index contributed by atoms with van der Waals surface area (Å²) < 4.78 is 5.20. The van der Waals surface area contributed by atoms with Crippen molar-refractivity contribution >= 4 is 11.6 Å². The molecule has 1 aliphatic carbocycles. The van der Waals surface area contributed by atoms with E-state index in [2.05, 4.69) is 5.32 Å². The molecule has 0 radical (unpaired) electrons. The van der Waals surface area contributed by atoms with Crippen molar-refractivity contribution in [3.8, 4) is 11.8 Å². The number of ether oxygens (including phenoxy) is 1. The summed E-state index contributed by atoms with van der Waals surface area (Å²) in [5, 5.41) is 11.3. The number of benzene rings is 1. The Hall–Kier alpha value is -2.06. The third kappa shape index (κ3) is 3.49. The molecule has 5 nitrogen and oxygen atoms in total. The minimum atomic E-state index is -0.0208. The van der Waals surface area contributed by atoms with E-state index >= 15 is 0 Å². The normalized spacial score (nSPS) is 15.8. The summed E-state index contributed by atoms with van der Waals surface area (Å²) in [6.07, 6.45) is 3.68. The maximum atomic E-state index is 12.0. The van der Waals surface area contributed by atoms with Crippen molar-refractivity contribution in [1.29, 1.82) is 5.26 Å². The van der Waals surface area contributed by atoms with Crippen molar-refractivity contribution in [3.05, 3.63) is 24.3 Å². The van der Waals surface area contributed by atoms with E-state index in [-0.39, 0.29) is 17.9 Å². The number of hydrogen-bond donors (Lipinski definition) is 2. The van der Waals surface area contributed by atoms with E-state index in [1.54, 1.807) is 24.3 Å². The molecule has 20 heavy (non-hydrogen) atoms. The van der Waals surface area contributed by atoms with Crippen molar-refractivity contribution < 1.29 is 9.53 Å². The second-order valence-corrected chi connectivity index (χ2v) is 5.26. The van der Waals surface area contributed by atoms with Crippen LogP contribution in [0.2, 0.25) is 0 Å². The lowest BCUT2D eigenvalue weighted by molar-refractivity contribution is -0.119. The Morgan fingerprint density at radius 2 is 2.30 bits per heavy atom. The van der Waals surface area contributed by atoms with E-state index in [9.17, 15) is 4.79 Å². The van der Waals surface area contributed by atoms with Gasteiger partial charge in [0.25, 0.3) is 0 Å². The summed E-state index contributed by atoms with van der Waals surface area (Å²) in [7, 11) is 0. The summed E-state index contributed by atoms with van der Waals surface area (Å²) in [5.74, 6) is 0.550. The molecule has 106 valence electrons. The summed E-state index contributed by atoms with van der Waals surface area (Å²) in [4.78, 5) is 12.0. The second-order valence-electron chi connectivity index (χ2n) is 5.26. The molecule has 5 heteroatoms. The average molecular weight is 273 g/mol. The third-order valence-corrected chi connectivity index (χ3v) is 3.80. The van der Waals surface area contributed by atoms with E-state index < -0.39 is 0 Å². The van der Waals surface area contributed by atoms with Gasteiger partial charge in [-0.25, -0.2) is 0 Å². The highest BCUT2D eigenvalue weighted by Gasteiger charge is 2.37. The first kappa shape index (κ1) is 14.4. The summed E-state index contributed by atoms with van der Waals surface area (Å²) in [6, 6.07) is 8.95. The molecule has 1 aromatic carbocycles. The van der Waals surface area contributed by atoms with Crippen LogP contribution in [0.5, 0.6) is 5.75 Å². The first-order valence-electron chi connectivity index (χ1n) is 6.77. The Morgan fingerprint density at radius 1 is 1.50 bits per heavy atom. The van der Waals surface area contributed by atoms with E-state index in [0.717, 1.165) is 19.3 Å². The van der Waals surface area contributed by atoms with Gasteiger partial charge in [-0.1, -0.05) is 12.5 Å². The molecule has 0 spiro atoms. The second kappa shape index (κ2) is 6.40. The molecule has 1 amide bonds. The quantitative estimate of drug-likeness (QED) is 0.830. The monoisotopic (exact) mass is 273 g/mol. The Labute approximate surface area is 118 Å². The summed E-state index contributed by atoms with van der Waals surface area (Å²) >= 11 is 0. The van der Waals surface area contributed by atoms with Gasteiger partial charge in [0.1, 0.15) is 11.8 Å². The largest absolute Gasteiger partial charge is 0.479 e. The predicted octanol–water partition coefficient (Wildman–Crippen LogP) is 2.05. The van der Waals surface area contributed by atoms with E-state index in [1.807, 2.05) is 6.07 Å². The van der Waals surface area contributed by atoms with Gasteiger partial charge >= 0.3 is 0 Å². The van der Waals surface area contributed by atoms with Crippen LogP contribution in [0.15, 0.2) is 24.3 Å². The fraction of sp³-hybridized carbons (Fsp3) is 0.467. The van der Waals surface area contributed by atoms with Crippen molar-refractivity contribution in [2.75, 3.05) is 18.5 Å². The lowest BCUT2D eigenvalue weighted by Gasteiger charge is -2.40. The highest BCUT2D eigenvalue weighted by Crippen LogP contribution is 2.43. The molecule has 2 rings (SSSR count). The lowest BCUT2D eigenvalue weighted by atomic mass is 9.66. The molecular weight excluding hydrogens is 254 g/mol. The molecule has 0 bridgehead atoms. The number of nitrogens with zero attached hydrogens (tertiary/aromatic N) is 1. The molecule has 1 aliphatic rings. The Morgan fingerprint density at radius 3 is 2.90 bits per heavy atom. The number of nitrogens with two attached hydrogens (primary N) is 1. The number of anilines is 1. The van der Waals surface area contributed by atoms with Crippen LogP contribution in [0.25, 0.3) is 0 Å². The molecule has 0 aromatic heterocycles. The molecule has 1 fully saturated rings. The minimum absolute atomic E-state index is 0.000990. The van der Waals surface area contributed by atoms with E-state index in [4.69, 9.17) is 15.7 Å². The first-order chi connectivity index (χ1) is 9.67. The highest BCUT2D eigenvalue weighted by atomic mass is 16.5. The smallest absolute Gasteiger partial charge is 0.224 e. The van der Waals surface area contributed by atoms with Gasteiger partial charge in [0.2, 0.25) is 5.91 Å². The number of rotatable bonds is 6. The summed E-state index contributed by atoms with van der Waals surface area (Å²) in [5.41, 5.74) is 6.44. The molecule has 0 unspecified atom stereocenters. The molecular formula is C15H19N3O2. The SMILES string of the molecule is N#CCOc1cccc(NC(=O)CC2(CN)CCC2)c1. The maximum absolute atomic E-state index is 12.0. The number of carbonyl (C=O) groups excluding carboxylic acids is 1. The number of carbonyl (C=O) groups is 1. The van der Waals surface area contributed by atoms with E-state index in [0.29, 0.717) is 24.4 Å². The van der Waals surface area contributed by atoms with Crippen LogP contribution in [-0.4, -0.2) is 19.1 Å². The van der Waals surface area contributed by atoms with Gasteiger partial charge in [0.05, 0.1) is 0 Å². The number of nitrogens with one attached hydrogen (secondary N) is 1. The maximum Gasteiger partial charge on any atom is 0.224 e. The molecule has 0 aliphatic heterocycles. The Bertz CT molecular complexity index is 513. The van der Waals surface area contributed by atoms with Crippen LogP contribution in [-0.2, 0) is 4.79 Å². The van der Waals surface area contributed by atoms with Crippen molar-refractivity contribution in [1.82, 2.24) is 0 Å². The third-order valence-electron chi connectivity index (χ3n) is 3.80. The van der Waals surface area contributed by atoms with Crippen molar-refractivity contribution in [2.24, 2.45) is 11.1 Å². The molecule has 0 heterocycles. The number of nitriles is 1. The van der Waals surface area contributed by atoms with Crippen molar-refractivity contribution in [2.45, 2.75) is 25.7 Å². The summed E-state index contributed by atoms with van der Waals surface area (Å²) in [6.45, 7) is 0.555. The zero-order valence-corrected chi connectivity index (χ0v) is 11.4. The predicted molar refractivity (Wildman–Crippen MR) is 76.1 cm³/mol. The van der Waals surface area contributed by atoms with Crippen LogP contribution in [0.4, 0.5) is 5.69 Å². The molecule has 1 saturated carbocycles. The van der Waals surface area contributed by atoms with Gasteiger partial charge < -0.3 is 15.8 Å². The molecule has 0 saturated heterocycles.